The number of benzene rings is 2. The number of anilines is 4. The van der Waals surface area contributed by atoms with Crippen molar-refractivity contribution in [2.45, 2.75) is 212 Å². The van der Waals surface area contributed by atoms with Crippen molar-refractivity contribution >= 4 is 93.0 Å². The lowest BCUT2D eigenvalue weighted by molar-refractivity contribution is -0.169. The number of carbonyl (C=O) groups excluding carboxylic acids is 8. The van der Waals surface area contributed by atoms with Crippen LogP contribution in [0.5, 0.6) is 0 Å². The molecule has 4 saturated heterocycles. The highest BCUT2D eigenvalue weighted by Crippen LogP contribution is 2.38. The Kier molecular flexibility index (Phi) is 32.7. The Balaban J connectivity index is 0.532. The van der Waals surface area contributed by atoms with Gasteiger partial charge in [0, 0.05) is 167 Å². The van der Waals surface area contributed by atoms with Gasteiger partial charge in [-0.3, -0.25) is 33.7 Å². The number of ether oxygens (including phenoxy) is 7. The minimum atomic E-state index is -1.31. The van der Waals surface area contributed by atoms with Crippen LogP contribution in [0.1, 0.15) is 164 Å². The van der Waals surface area contributed by atoms with E-state index in [9.17, 15) is 43.5 Å². The van der Waals surface area contributed by atoms with Gasteiger partial charge in [0.1, 0.15) is 47.4 Å². The van der Waals surface area contributed by atoms with Gasteiger partial charge in [0.2, 0.25) is 23.6 Å². The number of hydrogen-bond acceptors (Lipinski definition) is 30. The van der Waals surface area contributed by atoms with Gasteiger partial charge in [0.15, 0.2) is 29.2 Å². The van der Waals surface area contributed by atoms with Crippen LogP contribution < -0.4 is 26.6 Å². The number of aromatic nitrogens is 9. The molecule has 0 radical (unpaired) electrons. The van der Waals surface area contributed by atoms with Crippen LogP contribution >= 0.6 is 0 Å². The first-order chi connectivity index (χ1) is 63.3. The van der Waals surface area contributed by atoms with E-state index in [0.717, 1.165) is 40.9 Å². The molecule has 11 heterocycles. The molecule has 2 aromatic carbocycles. The van der Waals surface area contributed by atoms with E-state index in [1.165, 1.54) is 18.3 Å². The summed E-state index contributed by atoms with van der Waals surface area (Å²) in [5.41, 5.74) is 20.9. The Morgan fingerprint density at radius 1 is 0.702 bits per heavy atom. The highest BCUT2D eigenvalue weighted by atomic mass is 16.6. The molecule has 1 saturated carbocycles. The largest absolute Gasteiger partial charge is 0.460 e. The molecule has 2 unspecified atom stereocenters. The highest BCUT2D eigenvalue weighted by Gasteiger charge is 2.45. The van der Waals surface area contributed by atoms with Gasteiger partial charge < -0.3 is 84.0 Å². The van der Waals surface area contributed by atoms with E-state index in [2.05, 4.69) is 62.1 Å². The number of Topliss-reactive ketones (excluding diaryl/α,β-unsaturated/α-hetero) is 3. The van der Waals surface area contributed by atoms with E-state index in [-0.39, 0.29) is 111 Å². The molecule has 7 aliphatic rings. The summed E-state index contributed by atoms with van der Waals surface area (Å²) < 4.78 is 49.9. The lowest BCUT2D eigenvalue weighted by atomic mass is 9.81. The number of piperidine rings is 1. The molecular weight excluding hydrogens is 1680 g/mol. The number of amides is 4. The third-order valence-electron chi connectivity index (χ3n) is 26.8. The number of nitrogen functional groups attached to an aromatic ring is 2. The number of fused-ring (bicyclic) bond motifs is 6. The van der Waals surface area contributed by atoms with Crippen molar-refractivity contribution in [1.29, 1.82) is 0 Å². The summed E-state index contributed by atoms with van der Waals surface area (Å²) in [7, 11) is 4.57. The third-order valence-corrected chi connectivity index (χ3v) is 26.8. The van der Waals surface area contributed by atoms with Crippen molar-refractivity contribution < 1.29 is 81.0 Å². The number of nitrogens with one attached hydrogen (secondary N) is 1. The highest BCUT2D eigenvalue weighted by molar-refractivity contribution is 6.38. The molecule has 35 heteroatoms. The molecule has 14 atom stereocenters. The topological polar surface area (TPSA) is 426 Å². The molecule has 5 fully saturated rings. The average Bonchev–Trinajstić information content (AvgIpc) is 1.61. The fourth-order valence-electron chi connectivity index (χ4n) is 19.0. The first-order valence-electron chi connectivity index (χ1n) is 46.2. The van der Waals surface area contributed by atoms with E-state index in [4.69, 9.17) is 54.1 Å². The minimum Gasteiger partial charge on any atom is -0.460 e. The lowest BCUT2D eigenvalue weighted by Crippen LogP contribution is -2.55. The van der Waals surface area contributed by atoms with Crippen LogP contribution in [0.2, 0.25) is 0 Å². The second-order valence-electron chi connectivity index (χ2n) is 36.1. The van der Waals surface area contributed by atoms with Crippen LogP contribution in [0.4, 0.5) is 28.5 Å². The van der Waals surface area contributed by atoms with Gasteiger partial charge >= 0.3 is 12.1 Å². The van der Waals surface area contributed by atoms with Gasteiger partial charge in [-0.25, -0.2) is 44.2 Å². The fraction of sp³-hybridized carbons (Fsp3) is 0.562. The van der Waals surface area contributed by atoms with E-state index < -0.39 is 72.2 Å². The van der Waals surface area contributed by atoms with Crippen LogP contribution in [0.3, 0.4) is 0 Å². The predicted octanol–water partition coefficient (Wildman–Crippen LogP) is 9.37. The molecule has 5 aromatic heterocycles. The molecule has 4 amide bonds. The van der Waals surface area contributed by atoms with E-state index in [0.29, 0.717) is 205 Å². The number of ketones is 3. The number of oxazole rings is 1. The zero-order valence-electron chi connectivity index (χ0n) is 76.7. The Hall–Kier alpha value is -11.3. The number of hydrogen-bond donors (Lipinski definition) is 4. The molecule has 7 aromatic rings. The number of piperazine rings is 2. The molecule has 702 valence electrons. The molecule has 131 heavy (non-hydrogen) atoms. The number of aliphatic hydroxyl groups is 1. The number of cyclic esters (lactones) is 1. The Labute approximate surface area is 763 Å². The summed E-state index contributed by atoms with van der Waals surface area (Å²) in [6.45, 7) is 18.9. The monoisotopic (exact) mass is 1800 g/mol. The number of alkyl carbamates (subject to hydrolysis) is 1. The Bertz CT molecular complexity index is 5300. The summed E-state index contributed by atoms with van der Waals surface area (Å²) in [5.74, 6) is -3.37. The number of allylic oxidation sites excluding steroid dienone is 6. The minimum absolute atomic E-state index is 0.00527. The Morgan fingerprint density at radius 3 is 2.21 bits per heavy atom. The van der Waals surface area contributed by atoms with Crippen molar-refractivity contribution in [3.8, 4) is 11.3 Å². The molecule has 2 bridgehead atoms. The Morgan fingerprint density at radius 2 is 1.46 bits per heavy atom. The van der Waals surface area contributed by atoms with Gasteiger partial charge in [-0.05, 0) is 155 Å². The predicted molar refractivity (Wildman–Crippen MR) is 489 cm³/mol. The number of carbonyl (C=O) groups is 8. The number of esters is 1. The summed E-state index contributed by atoms with van der Waals surface area (Å²) >= 11 is 0. The van der Waals surface area contributed by atoms with Crippen molar-refractivity contribution in [3.05, 3.63) is 143 Å². The van der Waals surface area contributed by atoms with Crippen molar-refractivity contribution in [1.82, 2.24) is 69.6 Å². The van der Waals surface area contributed by atoms with Crippen molar-refractivity contribution in [3.63, 3.8) is 0 Å². The number of methoxy groups -OCH3 is 3. The SMILES string of the molecule is CO[C@H]1CC2CC[C@@H](C)C(O2)C(=O)C(=O)N2CCCC[C@H]2C(=O)O[C@H](CC[C@@H]2CC[C@@H](O)[C@H](OC)C2)CC(=O)[C@H](C)/C=C(\C)[C@@H](OC(=O)NCc2cnc(N3CCN(C(=O)CCOCCN4CCN(c5ncc(C(=O)N6CCc7cc(Cn8nc(-c9ccc%10oc(N)nc%10c9)c9c(N)ncnc98)ccc7C6)cn5)CC4)CC3)nc2)[C@@H](OC)C(=O)[C@H](C)C[C@H](C)/C=C/C=CC=C1C. The quantitative estimate of drug-likeness (QED) is 0.0225. The van der Waals surface area contributed by atoms with Gasteiger partial charge in [0.05, 0.1) is 61.5 Å². The van der Waals surface area contributed by atoms with Crippen LogP contribution in [-0.4, -0.2) is 278 Å². The van der Waals surface area contributed by atoms with Gasteiger partial charge in [0.25, 0.3) is 17.8 Å². The van der Waals surface area contributed by atoms with Crippen LogP contribution in [0.25, 0.3) is 33.4 Å². The summed E-state index contributed by atoms with van der Waals surface area (Å²) in [5, 5.41) is 19.1. The number of nitrogens with zero attached hydrogens (tertiary/aromatic N) is 15. The smallest absolute Gasteiger partial charge is 0.408 e. The average molecular weight is 1800 g/mol. The molecule has 0 spiro atoms. The lowest BCUT2D eigenvalue weighted by Gasteiger charge is -2.38. The van der Waals surface area contributed by atoms with Crippen LogP contribution in [0.15, 0.2) is 120 Å². The molecule has 6 N–H and O–H groups in total. The van der Waals surface area contributed by atoms with Gasteiger partial charge in [-0.1, -0.05) is 82.4 Å². The number of nitrogens with two attached hydrogens (primary N) is 2. The first kappa shape index (κ1) is 95.7. The van der Waals surface area contributed by atoms with E-state index in [1.54, 1.807) is 65.0 Å². The third kappa shape index (κ3) is 24.1. The molecular formula is C96H126N18O17. The van der Waals surface area contributed by atoms with Gasteiger partial charge in [-0.2, -0.15) is 10.1 Å². The summed E-state index contributed by atoms with van der Waals surface area (Å²) in [6, 6.07) is 10.8. The van der Waals surface area contributed by atoms with E-state index in [1.807, 2.05) is 95.7 Å². The molecule has 14 rings (SSSR count). The first-order valence-corrected chi connectivity index (χ1v) is 46.2. The van der Waals surface area contributed by atoms with Crippen molar-refractivity contribution in [2.75, 3.05) is 128 Å². The second kappa shape index (κ2) is 44.7. The maximum Gasteiger partial charge on any atom is 0.408 e. The summed E-state index contributed by atoms with van der Waals surface area (Å²) in [6.07, 6.45) is 18.9. The maximum atomic E-state index is 14.8. The molecule has 1 aliphatic carbocycles. The summed E-state index contributed by atoms with van der Waals surface area (Å²) in [4.78, 5) is 158. The fourth-order valence-corrected chi connectivity index (χ4v) is 19.0. The molecule has 35 nitrogen and oxygen atoms in total. The zero-order chi connectivity index (χ0) is 92.5. The molecule has 6 aliphatic heterocycles. The van der Waals surface area contributed by atoms with E-state index >= 15 is 0 Å². The number of aliphatic hydroxyl groups excluding tert-OH is 1. The normalized spacial score (nSPS) is 26.6. The van der Waals surface area contributed by atoms with Crippen LogP contribution in [0, 0.1) is 29.6 Å². The zero-order valence-corrected chi connectivity index (χ0v) is 76.7. The van der Waals surface area contributed by atoms with Gasteiger partial charge in [-0.15, -0.1) is 0 Å². The van der Waals surface area contributed by atoms with Crippen molar-refractivity contribution in [2.24, 2.45) is 29.6 Å². The standard InChI is InChI=1S/C96H126N18O17/c1-58-15-11-10-12-16-59(2)78(124-7)49-72-24-18-60(3)85(128-72)84(119)91(121)113-30-14-13-17-74(113)92(122)129-71(25-20-64-21-26-75(115)79(46-64)125-8)48-76(116)61(4)44-63(6)86(87(126-9)83(118)62(5)43-58)131-96(123)103-52-66-50-99-94(100-51-66)111-38-36-109(37-39-111)80(117)29-41-127-42-40-108-32-34-110(35-33-108)95-101-53-70(54-102-95)90(120)112-31-28-67-45-65(19-22-69(67)56-112)55-114-89-81(88(97)104-57-105-89)82(107-114)68-23-27-77-73(47-68)106-93(98)130-77/h10-12,15-16,19,22-23,27,44-45,47,50-51,53-54,57-58,60-62,64,71-72,74-75,78-79,85-87,115H,13-14,17-18,20-21,24-26,28-43,46,48-49,52,55-56H2,1-9H3,(H2,98,106)(H,103,123)(H2,97,104,105)/b12-10?,15-11+,59-16?,63-44+/t58-,60-,61-,62-,64-,71-,72?,74+,75-,78+,79-,85?,86-,87+/m1/s1. The number of rotatable bonds is 21. The van der Waals surface area contributed by atoms with Crippen LogP contribution in [-0.2, 0) is 88.0 Å². The maximum absolute atomic E-state index is 14.8. The second-order valence-corrected chi connectivity index (χ2v) is 36.1.